The zero-order chi connectivity index (χ0) is 22.5. The second-order valence-electron chi connectivity index (χ2n) is 9.45. The Morgan fingerprint density at radius 3 is 3.00 bits per heavy atom. The third-order valence-electron chi connectivity index (χ3n) is 8.01. The quantitative estimate of drug-likeness (QED) is 0.510. The second kappa shape index (κ2) is 8.06. The molecule has 3 unspecified atom stereocenters. The Balaban J connectivity index is 1.43. The number of aliphatic hydroxyl groups is 1. The molecule has 0 radical (unpaired) electrons. The van der Waals surface area contributed by atoms with Crippen molar-refractivity contribution in [2.45, 2.75) is 51.4 Å². The van der Waals surface area contributed by atoms with E-state index in [0.717, 1.165) is 30.2 Å². The van der Waals surface area contributed by atoms with Gasteiger partial charge in [0.05, 0.1) is 6.26 Å². The van der Waals surface area contributed by atoms with Crippen LogP contribution in [0.2, 0.25) is 0 Å². The fourth-order valence-electron chi connectivity index (χ4n) is 6.71. The Hall–Kier alpha value is -2.61. The number of allylic oxidation sites excluding steroid dienone is 1. The minimum atomic E-state index is -0.555. The number of anilines is 1. The maximum absolute atomic E-state index is 14.4. The molecule has 0 bridgehead atoms. The number of halogens is 1. The summed E-state index contributed by atoms with van der Waals surface area (Å²) in [4.78, 5) is 25.9. The third kappa shape index (κ3) is 3.27. The summed E-state index contributed by atoms with van der Waals surface area (Å²) in [6, 6.07) is 5.33. The summed E-state index contributed by atoms with van der Waals surface area (Å²) >= 11 is 1.25. The van der Waals surface area contributed by atoms with Gasteiger partial charge in [-0.25, -0.2) is 4.39 Å². The summed E-state index contributed by atoms with van der Waals surface area (Å²) in [7, 11) is 0. The predicted molar refractivity (Wildman–Crippen MR) is 119 cm³/mol. The van der Waals surface area contributed by atoms with Crippen molar-refractivity contribution < 1.29 is 19.1 Å². The smallest absolute Gasteiger partial charge is 0.226 e. The Morgan fingerprint density at radius 2 is 2.25 bits per heavy atom. The standard InChI is InChI=1S/C24H26FN3O3S/c1-24-10-9-14-13-3-2-4-19(25)15(13)5-6-16(14)21(24)17(18(11-29)22(24)31)7-8-20(30)27-23-28-26-12-32-23/h2-4,11-12,14,16-17,21,29H,5-10H2,1H3,(H,27,28,30)/b18-11-/t14?,16?,17-,21?,24+/m1/s1. The van der Waals surface area contributed by atoms with Crippen molar-refractivity contribution >= 4 is 28.2 Å². The number of nitrogens with zero attached hydrogens (tertiary/aromatic N) is 2. The molecule has 6 nitrogen and oxygen atoms in total. The molecule has 1 aromatic carbocycles. The Morgan fingerprint density at radius 1 is 1.41 bits per heavy atom. The number of hydrogen-bond acceptors (Lipinski definition) is 6. The van der Waals surface area contributed by atoms with Crippen LogP contribution in [0.15, 0.2) is 35.5 Å². The number of hydrogen-bond donors (Lipinski definition) is 2. The number of rotatable bonds is 4. The average molecular weight is 456 g/mol. The maximum Gasteiger partial charge on any atom is 0.226 e. The molecular formula is C24H26FN3O3S. The molecule has 0 spiro atoms. The minimum absolute atomic E-state index is 0.00280. The zero-order valence-electron chi connectivity index (χ0n) is 17.9. The third-order valence-corrected chi connectivity index (χ3v) is 8.62. The number of nitrogens with one attached hydrogen (secondary N) is 1. The highest BCUT2D eigenvalue weighted by Crippen LogP contribution is 2.63. The van der Waals surface area contributed by atoms with Crippen molar-refractivity contribution in [3.05, 3.63) is 52.5 Å². The molecule has 2 N–H and O–H groups in total. The van der Waals surface area contributed by atoms with Crippen LogP contribution < -0.4 is 5.32 Å². The van der Waals surface area contributed by atoms with Gasteiger partial charge in [0.1, 0.15) is 11.3 Å². The molecule has 5 rings (SSSR count). The fraction of sp³-hybridized carbons (Fsp3) is 0.500. The van der Waals surface area contributed by atoms with E-state index in [1.54, 1.807) is 11.6 Å². The highest BCUT2D eigenvalue weighted by Gasteiger charge is 2.60. The highest BCUT2D eigenvalue weighted by molar-refractivity contribution is 7.13. The lowest BCUT2D eigenvalue weighted by Gasteiger charge is -2.49. The Labute approximate surface area is 190 Å². The van der Waals surface area contributed by atoms with Gasteiger partial charge in [-0.3, -0.25) is 9.59 Å². The Kier molecular flexibility index (Phi) is 5.35. The number of carbonyl (C=O) groups is 2. The van der Waals surface area contributed by atoms with Crippen LogP contribution in [-0.2, 0) is 16.0 Å². The molecule has 2 saturated carbocycles. The summed E-state index contributed by atoms with van der Waals surface area (Å²) in [6.07, 6.45) is 4.68. The summed E-state index contributed by atoms with van der Waals surface area (Å²) in [5.74, 6) is -0.0561. The molecular weight excluding hydrogens is 429 g/mol. The first-order chi connectivity index (χ1) is 15.4. The van der Waals surface area contributed by atoms with Gasteiger partial charge >= 0.3 is 0 Å². The zero-order valence-corrected chi connectivity index (χ0v) is 18.7. The van der Waals surface area contributed by atoms with Gasteiger partial charge in [-0.05, 0) is 73.0 Å². The SMILES string of the molecule is C[C@]12CCC3c4cccc(F)c4CCC3C1[C@H](CCC(=O)Nc1nncs1)/C(=C/O)C2=O. The van der Waals surface area contributed by atoms with Gasteiger partial charge in [-0.15, -0.1) is 10.2 Å². The molecule has 1 heterocycles. The van der Waals surface area contributed by atoms with E-state index in [9.17, 15) is 19.1 Å². The first-order valence-corrected chi connectivity index (χ1v) is 12.0. The van der Waals surface area contributed by atoms with Crippen molar-refractivity contribution in [3.63, 3.8) is 0 Å². The number of benzene rings is 1. The van der Waals surface area contributed by atoms with E-state index in [2.05, 4.69) is 15.5 Å². The van der Waals surface area contributed by atoms with Gasteiger partial charge in [0, 0.05) is 17.4 Å². The van der Waals surface area contributed by atoms with E-state index in [1.165, 1.54) is 17.4 Å². The van der Waals surface area contributed by atoms with Crippen molar-refractivity contribution in [1.82, 2.24) is 10.2 Å². The molecule has 1 amide bonds. The molecule has 1 aromatic heterocycles. The van der Waals surface area contributed by atoms with Crippen LogP contribution in [0, 0.1) is 29.0 Å². The lowest BCUT2D eigenvalue weighted by Crippen LogP contribution is -2.44. The van der Waals surface area contributed by atoms with Crippen molar-refractivity contribution in [3.8, 4) is 0 Å². The molecule has 3 aliphatic carbocycles. The first-order valence-electron chi connectivity index (χ1n) is 11.2. The van der Waals surface area contributed by atoms with Crippen LogP contribution in [0.1, 0.15) is 56.1 Å². The van der Waals surface area contributed by atoms with Crippen LogP contribution in [0.3, 0.4) is 0 Å². The highest BCUT2D eigenvalue weighted by atomic mass is 32.1. The van der Waals surface area contributed by atoms with E-state index in [1.807, 2.05) is 13.0 Å². The van der Waals surface area contributed by atoms with E-state index in [0.29, 0.717) is 30.0 Å². The van der Waals surface area contributed by atoms with Gasteiger partial charge in [-0.1, -0.05) is 30.4 Å². The predicted octanol–water partition coefficient (Wildman–Crippen LogP) is 4.80. The molecule has 0 aliphatic heterocycles. The number of ketones is 1. The van der Waals surface area contributed by atoms with Gasteiger partial charge in [-0.2, -0.15) is 0 Å². The van der Waals surface area contributed by atoms with Gasteiger partial charge in [0.15, 0.2) is 5.78 Å². The van der Waals surface area contributed by atoms with E-state index >= 15 is 0 Å². The number of aromatic nitrogens is 2. The van der Waals surface area contributed by atoms with Crippen LogP contribution in [0.25, 0.3) is 0 Å². The lowest BCUT2D eigenvalue weighted by molar-refractivity contribution is -0.127. The summed E-state index contributed by atoms with van der Waals surface area (Å²) in [6.45, 7) is 2.02. The summed E-state index contributed by atoms with van der Waals surface area (Å²) in [5.41, 5.74) is 3.32. The van der Waals surface area contributed by atoms with Gasteiger partial charge < -0.3 is 10.4 Å². The normalized spacial score (nSPS) is 32.3. The monoisotopic (exact) mass is 455 g/mol. The topological polar surface area (TPSA) is 92.2 Å². The minimum Gasteiger partial charge on any atom is -0.515 e. The maximum atomic E-state index is 14.4. The van der Waals surface area contributed by atoms with Crippen LogP contribution >= 0.6 is 11.3 Å². The number of carbonyl (C=O) groups excluding carboxylic acids is 2. The fourth-order valence-corrected chi connectivity index (χ4v) is 7.17. The first kappa shape index (κ1) is 21.2. The molecule has 5 atom stereocenters. The van der Waals surface area contributed by atoms with E-state index in [4.69, 9.17) is 0 Å². The van der Waals surface area contributed by atoms with E-state index < -0.39 is 5.41 Å². The number of fused-ring (bicyclic) bond motifs is 5. The largest absolute Gasteiger partial charge is 0.515 e. The number of Topliss-reactive ketones (excluding diaryl/α,β-unsaturated/α-hetero) is 1. The van der Waals surface area contributed by atoms with Gasteiger partial charge in [0.25, 0.3) is 0 Å². The van der Waals surface area contributed by atoms with Crippen molar-refractivity contribution in [2.24, 2.45) is 23.2 Å². The molecule has 2 aromatic rings. The average Bonchev–Trinajstić information content (AvgIpc) is 3.36. The van der Waals surface area contributed by atoms with Gasteiger partial charge in [0.2, 0.25) is 11.0 Å². The molecule has 3 aliphatic rings. The molecule has 8 heteroatoms. The second-order valence-corrected chi connectivity index (χ2v) is 10.3. The Bertz CT molecular complexity index is 1090. The van der Waals surface area contributed by atoms with Crippen LogP contribution in [-0.4, -0.2) is 27.0 Å². The number of aliphatic hydroxyl groups excluding tert-OH is 1. The van der Waals surface area contributed by atoms with E-state index in [-0.39, 0.29) is 47.6 Å². The lowest BCUT2D eigenvalue weighted by atomic mass is 9.54. The van der Waals surface area contributed by atoms with Crippen LogP contribution in [0.4, 0.5) is 9.52 Å². The van der Waals surface area contributed by atoms with Crippen molar-refractivity contribution in [1.29, 1.82) is 0 Å². The summed E-state index contributed by atoms with van der Waals surface area (Å²) < 4.78 is 14.4. The molecule has 168 valence electrons. The molecule has 32 heavy (non-hydrogen) atoms. The molecule has 2 fully saturated rings. The summed E-state index contributed by atoms with van der Waals surface area (Å²) in [5, 5.41) is 20.7. The molecule has 0 saturated heterocycles. The number of amides is 1. The van der Waals surface area contributed by atoms with Crippen molar-refractivity contribution in [2.75, 3.05) is 5.32 Å². The van der Waals surface area contributed by atoms with Crippen LogP contribution in [0.5, 0.6) is 0 Å².